The van der Waals surface area contributed by atoms with E-state index in [0.29, 0.717) is 19.5 Å². The summed E-state index contributed by atoms with van der Waals surface area (Å²) in [5.41, 5.74) is 6.80. The van der Waals surface area contributed by atoms with Crippen molar-refractivity contribution in [3.05, 3.63) is 35.6 Å². The highest BCUT2D eigenvalue weighted by molar-refractivity contribution is 5.68. The molecule has 0 spiro atoms. The molecule has 0 aromatic heterocycles. The number of hydrogen-bond acceptors (Lipinski definition) is 3. The van der Waals surface area contributed by atoms with E-state index in [0.717, 1.165) is 12.0 Å². The van der Waals surface area contributed by atoms with Gasteiger partial charge in [-0.05, 0) is 57.2 Å². The van der Waals surface area contributed by atoms with Crippen molar-refractivity contribution < 1.29 is 13.9 Å². The van der Waals surface area contributed by atoms with Crippen LogP contribution in [0.3, 0.4) is 0 Å². The summed E-state index contributed by atoms with van der Waals surface area (Å²) in [7, 11) is 0. The molecule has 2 atom stereocenters. The zero-order valence-electron chi connectivity index (χ0n) is 13.5. The van der Waals surface area contributed by atoms with Crippen molar-refractivity contribution in [2.24, 2.45) is 11.7 Å². The van der Waals surface area contributed by atoms with Crippen molar-refractivity contribution in [2.75, 3.05) is 13.1 Å². The maximum absolute atomic E-state index is 12.9. The molecule has 2 unspecified atom stereocenters. The van der Waals surface area contributed by atoms with Gasteiger partial charge in [-0.1, -0.05) is 12.1 Å². The van der Waals surface area contributed by atoms with Crippen LogP contribution in [0.2, 0.25) is 0 Å². The second kappa shape index (κ2) is 6.65. The van der Waals surface area contributed by atoms with Crippen LogP contribution < -0.4 is 5.73 Å². The summed E-state index contributed by atoms with van der Waals surface area (Å²) >= 11 is 0. The Morgan fingerprint density at radius 1 is 1.41 bits per heavy atom. The molecule has 5 heteroatoms. The fourth-order valence-electron chi connectivity index (χ4n) is 2.69. The monoisotopic (exact) mass is 308 g/mol. The molecule has 122 valence electrons. The molecule has 0 bridgehead atoms. The quantitative estimate of drug-likeness (QED) is 0.934. The normalized spacial score (nSPS) is 20.0. The number of nitrogens with two attached hydrogens (primary N) is 1. The Morgan fingerprint density at radius 2 is 2.05 bits per heavy atom. The first-order valence-electron chi connectivity index (χ1n) is 7.72. The van der Waals surface area contributed by atoms with Gasteiger partial charge < -0.3 is 15.4 Å². The van der Waals surface area contributed by atoms with Crippen molar-refractivity contribution in [3.63, 3.8) is 0 Å². The standard InChI is InChI=1S/C17H25FN2O2/c1-17(2,3)22-16(21)20-9-8-13(11-20)15(19)10-12-4-6-14(18)7-5-12/h4-7,13,15H,8-11,19H2,1-3H3. The van der Waals surface area contributed by atoms with Gasteiger partial charge in [0.05, 0.1) is 0 Å². The Balaban J connectivity index is 1.87. The minimum absolute atomic E-state index is 0.0436. The Bertz CT molecular complexity index is 510. The van der Waals surface area contributed by atoms with E-state index in [-0.39, 0.29) is 23.9 Å². The lowest BCUT2D eigenvalue weighted by Gasteiger charge is -2.25. The lowest BCUT2D eigenvalue weighted by Crippen LogP contribution is -2.38. The van der Waals surface area contributed by atoms with Crippen LogP contribution in [-0.4, -0.2) is 35.7 Å². The Kier molecular flexibility index (Phi) is 5.06. The number of carbonyl (C=O) groups excluding carboxylic acids is 1. The largest absolute Gasteiger partial charge is 0.444 e. The molecule has 0 radical (unpaired) electrons. The Labute approximate surface area is 131 Å². The molecule has 2 rings (SSSR count). The molecular formula is C17H25FN2O2. The molecule has 1 aliphatic rings. The highest BCUT2D eigenvalue weighted by Crippen LogP contribution is 2.23. The molecule has 1 aromatic carbocycles. The van der Waals surface area contributed by atoms with Crippen LogP contribution in [0.1, 0.15) is 32.8 Å². The van der Waals surface area contributed by atoms with Crippen LogP contribution in [0, 0.1) is 11.7 Å². The smallest absolute Gasteiger partial charge is 0.410 e. The van der Waals surface area contributed by atoms with Gasteiger partial charge in [0.25, 0.3) is 0 Å². The minimum Gasteiger partial charge on any atom is -0.444 e. The zero-order valence-corrected chi connectivity index (χ0v) is 13.5. The van der Waals surface area contributed by atoms with Gasteiger partial charge in [-0.15, -0.1) is 0 Å². The van der Waals surface area contributed by atoms with Gasteiger partial charge in [-0.2, -0.15) is 0 Å². The van der Waals surface area contributed by atoms with E-state index in [9.17, 15) is 9.18 Å². The predicted molar refractivity (Wildman–Crippen MR) is 84.0 cm³/mol. The molecule has 2 N–H and O–H groups in total. The molecule has 1 aliphatic heterocycles. The van der Waals surface area contributed by atoms with Crippen molar-refractivity contribution in [2.45, 2.75) is 45.3 Å². The van der Waals surface area contributed by atoms with Gasteiger partial charge in [-0.3, -0.25) is 0 Å². The van der Waals surface area contributed by atoms with E-state index in [4.69, 9.17) is 10.5 Å². The van der Waals surface area contributed by atoms with Gasteiger partial charge in [0.2, 0.25) is 0 Å². The molecule has 1 fully saturated rings. The maximum Gasteiger partial charge on any atom is 0.410 e. The van der Waals surface area contributed by atoms with E-state index < -0.39 is 5.60 Å². The van der Waals surface area contributed by atoms with E-state index in [1.165, 1.54) is 12.1 Å². The molecule has 1 aromatic rings. The number of amides is 1. The summed E-state index contributed by atoms with van der Waals surface area (Å²) in [6.07, 6.45) is 1.29. The molecule has 22 heavy (non-hydrogen) atoms. The number of ether oxygens (including phenoxy) is 1. The van der Waals surface area contributed by atoms with Crippen LogP contribution in [-0.2, 0) is 11.2 Å². The summed E-state index contributed by atoms with van der Waals surface area (Å²) in [6, 6.07) is 6.37. The first-order valence-corrected chi connectivity index (χ1v) is 7.72. The Morgan fingerprint density at radius 3 is 2.64 bits per heavy atom. The van der Waals surface area contributed by atoms with E-state index in [1.54, 1.807) is 17.0 Å². The summed E-state index contributed by atoms with van der Waals surface area (Å²) < 4.78 is 18.3. The number of hydrogen-bond donors (Lipinski definition) is 1. The fourth-order valence-corrected chi connectivity index (χ4v) is 2.69. The van der Waals surface area contributed by atoms with E-state index in [1.807, 2.05) is 20.8 Å². The van der Waals surface area contributed by atoms with Crippen molar-refractivity contribution in [1.82, 2.24) is 4.90 Å². The number of benzene rings is 1. The lowest BCUT2D eigenvalue weighted by atomic mass is 9.93. The molecule has 1 saturated heterocycles. The summed E-state index contributed by atoms with van der Waals surface area (Å²) in [4.78, 5) is 13.8. The van der Waals surface area contributed by atoms with E-state index >= 15 is 0 Å². The van der Waals surface area contributed by atoms with Crippen LogP contribution in [0.25, 0.3) is 0 Å². The van der Waals surface area contributed by atoms with Gasteiger partial charge in [0.1, 0.15) is 11.4 Å². The average molecular weight is 308 g/mol. The second-order valence-corrected chi connectivity index (χ2v) is 6.97. The predicted octanol–water partition coefficient (Wildman–Crippen LogP) is 2.95. The summed E-state index contributed by atoms with van der Waals surface area (Å²) in [6.45, 7) is 6.88. The van der Waals surface area contributed by atoms with Gasteiger partial charge in [0, 0.05) is 19.1 Å². The Hall–Kier alpha value is -1.62. The van der Waals surface area contributed by atoms with Crippen LogP contribution in [0.15, 0.2) is 24.3 Å². The molecule has 4 nitrogen and oxygen atoms in total. The van der Waals surface area contributed by atoms with E-state index in [2.05, 4.69) is 0 Å². The third kappa shape index (κ3) is 4.70. The van der Waals surface area contributed by atoms with Gasteiger partial charge >= 0.3 is 6.09 Å². The van der Waals surface area contributed by atoms with Crippen molar-refractivity contribution in [1.29, 1.82) is 0 Å². The minimum atomic E-state index is -0.481. The number of carbonyl (C=O) groups is 1. The molecule has 1 amide bonds. The van der Waals surface area contributed by atoms with Crippen LogP contribution in [0.5, 0.6) is 0 Å². The highest BCUT2D eigenvalue weighted by Gasteiger charge is 2.32. The third-order valence-corrected chi connectivity index (χ3v) is 3.87. The maximum atomic E-state index is 12.9. The number of rotatable bonds is 3. The number of halogens is 1. The van der Waals surface area contributed by atoms with Crippen LogP contribution in [0.4, 0.5) is 9.18 Å². The average Bonchev–Trinajstić information content (AvgIpc) is 2.89. The SMILES string of the molecule is CC(C)(C)OC(=O)N1CCC(C(N)Cc2ccc(F)cc2)C1. The summed E-state index contributed by atoms with van der Waals surface area (Å²) in [5.74, 6) is 0.00635. The highest BCUT2D eigenvalue weighted by atomic mass is 19.1. The van der Waals surface area contributed by atoms with Gasteiger partial charge in [-0.25, -0.2) is 9.18 Å². The molecule has 0 aliphatic carbocycles. The number of nitrogens with zero attached hydrogens (tertiary/aromatic N) is 1. The molecular weight excluding hydrogens is 283 g/mol. The zero-order chi connectivity index (χ0) is 16.3. The van der Waals surface area contributed by atoms with Crippen LogP contribution >= 0.6 is 0 Å². The van der Waals surface area contributed by atoms with Crippen molar-refractivity contribution >= 4 is 6.09 Å². The van der Waals surface area contributed by atoms with Crippen molar-refractivity contribution in [3.8, 4) is 0 Å². The van der Waals surface area contributed by atoms with Gasteiger partial charge in [0.15, 0.2) is 0 Å². The second-order valence-electron chi connectivity index (χ2n) is 6.97. The first kappa shape index (κ1) is 16.7. The number of likely N-dealkylation sites (tertiary alicyclic amines) is 1. The topological polar surface area (TPSA) is 55.6 Å². The summed E-state index contributed by atoms with van der Waals surface area (Å²) in [5, 5.41) is 0. The lowest BCUT2D eigenvalue weighted by molar-refractivity contribution is 0.0286. The fraction of sp³-hybridized carbons (Fsp3) is 0.588. The molecule has 1 heterocycles. The molecule has 0 saturated carbocycles. The first-order chi connectivity index (χ1) is 10.2. The third-order valence-electron chi connectivity index (χ3n) is 3.87.